The van der Waals surface area contributed by atoms with Crippen LogP contribution in [0.5, 0.6) is 0 Å². The van der Waals surface area contributed by atoms with Gasteiger partial charge in [-0.2, -0.15) is 0 Å². The molecule has 32 heavy (non-hydrogen) atoms. The Kier molecular flexibility index (Phi) is 6.40. The molecule has 2 aliphatic rings. The number of benzene rings is 2. The fourth-order valence-corrected chi connectivity index (χ4v) is 4.31. The maximum Gasteiger partial charge on any atom is 0.253 e. The molecule has 2 heterocycles. The van der Waals surface area contributed by atoms with Gasteiger partial charge in [0.05, 0.1) is 6.54 Å². The second-order valence-electron chi connectivity index (χ2n) is 8.67. The van der Waals surface area contributed by atoms with E-state index in [0.717, 1.165) is 44.0 Å². The predicted octanol–water partition coefficient (Wildman–Crippen LogP) is 3.95. The fourth-order valence-electron chi connectivity index (χ4n) is 4.31. The van der Waals surface area contributed by atoms with Gasteiger partial charge in [-0.15, -0.1) is 0 Å². The molecule has 0 aromatic heterocycles. The average molecular weight is 430 g/mol. The minimum atomic E-state index is 0.0186. The molecule has 0 aliphatic carbocycles. The SMILES string of the molecule is CC(=N)CC1=NCC(N2CCN(c3ccccc3-c3ccc(C(=O)N(C)C)cc3)CC2)=C1. The normalized spacial score (nSPS) is 16.0. The molecule has 6 nitrogen and oxygen atoms in total. The molecule has 1 N–H and O–H groups in total. The van der Waals surface area contributed by atoms with Crippen molar-refractivity contribution in [3.05, 3.63) is 65.9 Å². The van der Waals surface area contributed by atoms with Crippen LogP contribution in [-0.2, 0) is 0 Å². The van der Waals surface area contributed by atoms with Gasteiger partial charge in [-0.05, 0) is 36.8 Å². The largest absolute Gasteiger partial charge is 0.370 e. The van der Waals surface area contributed by atoms with E-state index in [1.807, 2.05) is 31.2 Å². The number of hydrogen-bond acceptors (Lipinski definition) is 5. The Morgan fingerprint density at radius 1 is 1.00 bits per heavy atom. The van der Waals surface area contributed by atoms with Gasteiger partial charge in [-0.25, -0.2) is 0 Å². The van der Waals surface area contributed by atoms with Gasteiger partial charge in [0.2, 0.25) is 0 Å². The molecule has 1 amide bonds. The smallest absolute Gasteiger partial charge is 0.253 e. The average Bonchev–Trinajstić information content (AvgIpc) is 3.26. The predicted molar refractivity (Wildman–Crippen MR) is 132 cm³/mol. The second-order valence-corrected chi connectivity index (χ2v) is 8.67. The quantitative estimate of drug-likeness (QED) is 0.708. The van der Waals surface area contributed by atoms with E-state index in [1.54, 1.807) is 19.0 Å². The Morgan fingerprint density at radius 2 is 1.66 bits per heavy atom. The maximum atomic E-state index is 12.2. The molecule has 166 valence electrons. The zero-order chi connectivity index (χ0) is 22.7. The van der Waals surface area contributed by atoms with E-state index < -0.39 is 0 Å². The summed E-state index contributed by atoms with van der Waals surface area (Å²) in [5.74, 6) is 0.0186. The van der Waals surface area contributed by atoms with Gasteiger partial charge >= 0.3 is 0 Å². The maximum absolute atomic E-state index is 12.2. The van der Waals surface area contributed by atoms with Gasteiger partial charge in [0.1, 0.15) is 0 Å². The van der Waals surface area contributed by atoms with Gasteiger partial charge < -0.3 is 20.1 Å². The molecular weight excluding hydrogens is 398 g/mol. The highest BCUT2D eigenvalue weighted by atomic mass is 16.2. The van der Waals surface area contributed by atoms with E-state index in [1.165, 1.54) is 16.9 Å². The van der Waals surface area contributed by atoms with Crippen molar-refractivity contribution in [2.45, 2.75) is 13.3 Å². The number of nitrogens with one attached hydrogen (secondary N) is 1. The molecule has 0 bridgehead atoms. The number of nitrogens with zero attached hydrogens (tertiary/aromatic N) is 4. The van der Waals surface area contributed by atoms with Crippen LogP contribution in [0.2, 0.25) is 0 Å². The molecule has 2 aliphatic heterocycles. The summed E-state index contributed by atoms with van der Waals surface area (Å²) < 4.78 is 0. The highest BCUT2D eigenvalue weighted by Gasteiger charge is 2.23. The third-order valence-corrected chi connectivity index (χ3v) is 6.00. The number of carbonyl (C=O) groups excluding carboxylic acids is 1. The number of amides is 1. The first-order valence-corrected chi connectivity index (χ1v) is 11.1. The van der Waals surface area contributed by atoms with Crippen molar-refractivity contribution in [2.75, 3.05) is 51.7 Å². The van der Waals surface area contributed by atoms with Crippen molar-refractivity contribution in [1.29, 1.82) is 5.41 Å². The van der Waals surface area contributed by atoms with Crippen LogP contribution in [0.15, 0.2) is 65.3 Å². The number of piperazine rings is 1. The fraction of sp³-hybridized carbons (Fsp3) is 0.346. The molecule has 1 fully saturated rings. The number of carbonyl (C=O) groups is 1. The Balaban J connectivity index is 1.45. The summed E-state index contributed by atoms with van der Waals surface area (Å²) in [5.41, 5.74) is 7.20. The monoisotopic (exact) mass is 429 g/mol. The summed E-state index contributed by atoms with van der Waals surface area (Å²) in [7, 11) is 3.54. The summed E-state index contributed by atoms with van der Waals surface area (Å²) >= 11 is 0. The van der Waals surface area contributed by atoms with E-state index >= 15 is 0 Å². The van der Waals surface area contributed by atoms with Gasteiger partial charge in [-0.3, -0.25) is 9.79 Å². The van der Waals surface area contributed by atoms with Crippen LogP contribution in [0.25, 0.3) is 11.1 Å². The lowest BCUT2D eigenvalue weighted by atomic mass is 10.0. The zero-order valence-electron chi connectivity index (χ0n) is 19.1. The molecule has 2 aromatic carbocycles. The van der Waals surface area contributed by atoms with Gasteiger partial charge in [0.25, 0.3) is 5.91 Å². The van der Waals surface area contributed by atoms with Crippen LogP contribution < -0.4 is 4.90 Å². The molecule has 2 aromatic rings. The molecule has 6 heteroatoms. The topological polar surface area (TPSA) is 63.0 Å². The molecule has 0 unspecified atom stereocenters. The highest BCUT2D eigenvalue weighted by Crippen LogP contribution is 2.32. The van der Waals surface area contributed by atoms with E-state index in [4.69, 9.17) is 5.41 Å². The van der Waals surface area contributed by atoms with E-state index in [2.05, 4.69) is 45.1 Å². The number of allylic oxidation sites excluding steroid dienone is 1. The van der Waals surface area contributed by atoms with Gasteiger partial charge in [0, 0.05) is 80.6 Å². The number of aliphatic imine (C=N–C) groups is 1. The first-order chi connectivity index (χ1) is 15.4. The van der Waals surface area contributed by atoms with E-state index in [9.17, 15) is 4.79 Å². The number of anilines is 1. The van der Waals surface area contributed by atoms with Crippen LogP contribution in [0, 0.1) is 5.41 Å². The van der Waals surface area contributed by atoms with Crippen molar-refractivity contribution in [3.8, 4) is 11.1 Å². The molecule has 0 radical (unpaired) electrons. The van der Waals surface area contributed by atoms with Crippen LogP contribution in [0.1, 0.15) is 23.7 Å². The molecule has 0 atom stereocenters. The van der Waals surface area contributed by atoms with Crippen molar-refractivity contribution in [2.24, 2.45) is 4.99 Å². The Labute approximate surface area is 190 Å². The summed E-state index contributed by atoms with van der Waals surface area (Å²) in [4.78, 5) is 23.3. The molecular formula is C26H31N5O. The lowest BCUT2D eigenvalue weighted by Gasteiger charge is -2.38. The third kappa shape index (κ3) is 4.74. The van der Waals surface area contributed by atoms with Crippen LogP contribution in [0.4, 0.5) is 5.69 Å². The number of rotatable bonds is 6. The lowest BCUT2D eigenvalue weighted by Crippen LogP contribution is -2.46. The highest BCUT2D eigenvalue weighted by molar-refractivity contribution is 6.09. The van der Waals surface area contributed by atoms with Crippen molar-refractivity contribution in [1.82, 2.24) is 9.80 Å². The van der Waals surface area contributed by atoms with Gasteiger partial charge in [-0.1, -0.05) is 30.3 Å². The van der Waals surface area contributed by atoms with Crippen LogP contribution in [0.3, 0.4) is 0 Å². The second kappa shape index (κ2) is 9.39. The van der Waals surface area contributed by atoms with Crippen LogP contribution >= 0.6 is 0 Å². The summed E-state index contributed by atoms with van der Waals surface area (Å²) in [6, 6.07) is 16.4. The van der Waals surface area contributed by atoms with Crippen molar-refractivity contribution < 1.29 is 4.79 Å². The summed E-state index contributed by atoms with van der Waals surface area (Å²) in [5, 5.41) is 7.68. The third-order valence-electron chi connectivity index (χ3n) is 6.00. The number of para-hydroxylation sites is 1. The first kappa shape index (κ1) is 21.8. The first-order valence-electron chi connectivity index (χ1n) is 11.1. The van der Waals surface area contributed by atoms with E-state index in [0.29, 0.717) is 17.7 Å². The minimum absolute atomic E-state index is 0.0186. The Hall–Kier alpha value is -3.41. The molecule has 4 rings (SSSR count). The Morgan fingerprint density at radius 3 is 2.31 bits per heavy atom. The standard InChI is InChI=1S/C26H31N5O/c1-19(27)16-22-17-23(18-28-22)30-12-14-31(15-13-30)25-7-5-4-6-24(25)20-8-10-21(11-9-20)26(32)29(2)3/h4-11,17,27H,12-16,18H2,1-3H3. The van der Waals surface area contributed by atoms with Gasteiger partial charge in [0.15, 0.2) is 0 Å². The minimum Gasteiger partial charge on any atom is -0.370 e. The summed E-state index contributed by atoms with van der Waals surface area (Å²) in [6.07, 6.45) is 2.81. The Bertz CT molecular complexity index is 1060. The summed E-state index contributed by atoms with van der Waals surface area (Å²) in [6.45, 7) is 6.38. The van der Waals surface area contributed by atoms with Crippen molar-refractivity contribution >= 4 is 23.0 Å². The molecule has 1 saturated heterocycles. The lowest BCUT2D eigenvalue weighted by molar-refractivity contribution is 0.0827. The zero-order valence-corrected chi connectivity index (χ0v) is 19.1. The van der Waals surface area contributed by atoms with Crippen molar-refractivity contribution in [3.63, 3.8) is 0 Å². The molecule has 0 saturated carbocycles. The van der Waals surface area contributed by atoms with E-state index in [-0.39, 0.29) is 5.91 Å². The van der Waals surface area contributed by atoms with Crippen LogP contribution in [-0.4, -0.2) is 73.9 Å². The number of hydrogen-bond donors (Lipinski definition) is 1. The molecule has 0 spiro atoms.